The number of ether oxygens (including phenoxy) is 2. The molecule has 0 saturated carbocycles. The van der Waals surface area contributed by atoms with Gasteiger partial charge in [0, 0.05) is 24.2 Å². The first-order chi connectivity index (χ1) is 31.2. The fourth-order valence-electron chi connectivity index (χ4n) is 7.12. The second-order valence-electron chi connectivity index (χ2n) is 15.9. The van der Waals surface area contributed by atoms with Crippen molar-refractivity contribution in [3.05, 3.63) is 81.7 Å². The van der Waals surface area contributed by atoms with E-state index in [2.05, 4.69) is 132 Å². The Morgan fingerprint density at radius 1 is 0.692 bits per heavy atom. The van der Waals surface area contributed by atoms with E-state index in [9.17, 15) is 19.2 Å². The van der Waals surface area contributed by atoms with E-state index in [-0.39, 0.29) is 38.0 Å². The molecule has 0 atom stereocenters. The van der Waals surface area contributed by atoms with Crippen LogP contribution in [-0.4, -0.2) is 94.1 Å². The van der Waals surface area contributed by atoms with Crippen LogP contribution in [-0.2, 0) is 38.6 Å². The summed E-state index contributed by atoms with van der Waals surface area (Å²) in [6.07, 6.45) is 11.6. The number of rotatable bonds is 16. The minimum Gasteiger partial charge on any atom is -0.453 e. The van der Waals surface area contributed by atoms with Crippen LogP contribution in [0.2, 0.25) is 0 Å². The van der Waals surface area contributed by atoms with Crippen molar-refractivity contribution in [2.45, 2.75) is 128 Å². The Kier molecular flexibility index (Phi) is 24.2. The number of nitrogens with zero attached hydrogens (tertiary/aromatic N) is 4. The first-order valence-electron chi connectivity index (χ1n) is 23.1. The number of amides is 4. The Morgan fingerprint density at radius 2 is 1.12 bits per heavy atom. The van der Waals surface area contributed by atoms with E-state index in [0.717, 1.165) is 69.6 Å². The number of carbonyl (C=O) groups excluding carboxylic acids is 4. The molecule has 65 heavy (non-hydrogen) atoms. The summed E-state index contributed by atoms with van der Waals surface area (Å²) in [6, 6.07) is 8.61. The summed E-state index contributed by atoms with van der Waals surface area (Å²) >= 11 is 0. The van der Waals surface area contributed by atoms with E-state index in [1.807, 2.05) is 33.9 Å². The Labute approximate surface area is 388 Å². The van der Waals surface area contributed by atoms with Crippen LogP contribution in [0.15, 0.2) is 47.8 Å². The number of nitrogens with one attached hydrogen (secondary N) is 4. The number of H-pyrrole nitrogens is 2. The monoisotopic (exact) mass is 897 g/mol. The number of methoxy groups -OCH3 is 2. The lowest BCUT2D eigenvalue weighted by atomic mass is 9.87. The zero-order valence-electron chi connectivity index (χ0n) is 41.6. The molecule has 0 unspecified atom stereocenters. The van der Waals surface area contributed by atoms with Crippen molar-refractivity contribution < 1.29 is 28.7 Å². The number of benzene rings is 2. The van der Waals surface area contributed by atoms with E-state index in [4.69, 9.17) is 0 Å². The number of hydrogen-bond donors (Lipinski definition) is 4. The fraction of sp³-hybridized carbons (Fsp3) is 0.490. The highest BCUT2D eigenvalue weighted by atomic mass is 16.5. The third kappa shape index (κ3) is 16.1. The molecule has 356 valence electrons. The number of alkyl carbamates (subject to hydrolysis) is 2. The summed E-state index contributed by atoms with van der Waals surface area (Å²) in [6.45, 7) is 26.2. The minimum absolute atomic E-state index is 0.155. The van der Waals surface area contributed by atoms with Gasteiger partial charge in [0.2, 0.25) is 11.8 Å². The van der Waals surface area contributed by atoms with Gasteiger partial charge in [-0.1, -0.05) is 116 Å². The van der Waals surface area contributed by atoms with Crippen LogP contribution in [0.25, 0.3) is 45.8 Å². The average molecular weight is 897 g/mol. The van der Waals surface area contributed by atoms with Gasteiger partial charge in [-0.15, -0.1) is 0 Å². The maximum Gasteiger partial charge on any atom is 0.407 e. The van der Waals surface area contributed by atoms with Crippen LogP contribution in [0.3, 0.4) is 0 Å². The van der Waals surface area contributed by atoms with Crippen LogP contribution in [0, 0.1) is 6.92 Å². The van der Waals surface area contributed by atoms with Crippen molar-refractivity contribution in [3.8, 4) is 33.6 Å². The SMILES string of the molecule is CC.CCC.CCC.CCCN(Cc1ncc(-c2ccc(-c3ccc(-c4cnc(CN(CCC)C(=O)CNC(=O)OC)[nH]4)c4c3C=C(C)C4)c(C)c2C=C(C)C)[nH]1)C(=O)CNC(=O)OC. The number of fused-ring (bicyclic) bond motifs is 1. The topological polar surface area (TPSA) is 175 Å². The molecule has 0 radical (unpaired) electrons. The standard InChI is InChI=1S/C43H54N8O6.2C3H8.C2H6/c1-9-15-50(40(52)22-46-42(54)56-7)24-38-44-20-36(48-38)31-13-11-29(28(6)33(31)17-26(3)4)30-12-14-32(35-19-27(5)18-34(30)35)37-21-45-39(49-37)25-51(16-10-2)41(53)23-47-43(55)57-8;2*1-3-2;1-2/h11-14,17-18,20-21H,9-10,15-16,19,22-25H2,1-8H3,(H,44,48)(H,45,49)(H,46,54)(H,47,55);2*3H2,1-2H3;1-2H3. The quantitative estimate of drug-likeness (QED) is 0.0859. The minimum atomic E-state index is -0.654. The highest BCUT2D eigenvalue weighted by molar-refractivity contribution is 5.90. The van der Waals surface area contributed by atoms with Gasteiger partial charge in [-0.3, -0.25) is 9.59 Å². The Balaban J connectivity index is 0.00000170. The van der Waals surface area contributed by atoms with Gasteiger partial charge in [0.25, 0.3) is 0 Å². The van der Waals surface area contributed by atoms with Gasteiger partial charge in [-0.2, -0.15) is 0 Å². The highest BCUT2D eigenvalue weighted by Gasteiger charge is 2.24. The number of hydrogen-bond acceptors (Lipinski definition) is 8. The van der Waals surface area contributed by atoms with Crippen molar-refractivity contribution >= 4 is 36.2 Å². The van der Waals surface area contributed by atoms with Gasteiger partial charge in [-0.25, -0.2) is 19.6 Å². The number of imidazole rings is 2. The number of allylic oxidation sites excluding steroid dienone is 2. The molecule has 0 spiro atoms. The largest absolute Gasteiger partial charge is 0.453 e. The third-order valence-corrected chi connectivity index (χ3v) is 9.79. The lowest BCUT2D eigenvalue weighted by Crippen LogP contribution is -2.40. The van der Waals surface area contributed by atoms with E-state index in [0.29, 0.717) is 24.7 Å². The average Bonchev–Trinajstić information content (AvgIpc) is 4.06. The normalized spacial score (nSPS) is 10.9. The highest BCUT2D eigenvalue weighted by Crippen LogP contribution is 2.42. The van der Waals surface area contributed by atoms with Gasteiger partial charge in [-0.05, 0) is 80.3 Å². The Morgan fingerprint density at radius 3 is 1.57 bits per heavy atom. The smallest absolute Gasteiger partial charge is 0.407 e. The molecule has 1 aliphatic rings. The van der Waals surface area contributed by atoms with Crippen LogP contribution in [0.4, 0.5) is 9.59 Å². The number of aromatic amines is 2. The molecule has 14 nitrogen and oxygen atoms in total. The summed E-state index contributed by atoms with van der Waals surface area (Å²) < 4.78 is 9.22. The van der Waals surface area contributed by atoms with Crippen LogP contribution in [0.1, 0.15) is 136 Å². The lowest BCUT2D eigenvalue weighted by Gasteiger charge is -2.21. The maximum absolute atomic E-state index is 12.9. The van der Waals surface area contributed by atoms with Crippen molar-refractivity contribution in [3.63, 3.8) is 0 Å². The Bertz CT molecular complexity index is 2210. The molecule has 0 bridgehead atoms. The molecule has 0 aliphatic heterocycles. The molecule has 0 saturated heterocycles. The number of aromatic nitrogens is 4. The van der Waals surface area contributed by atoms with Crippen LogP contribution >= 0.6 is 0 Å². The summed E-state index contributed by atoms with van der Waals surface area (Å²) in [5, 5.41) is 4.93. The van der Waals surface area contributed by atoms with Crippen molar-refractivity contribution in [2.75, 3.05) is 40.4 Å². The maximum atomic E-state index is 12.9. The molecular formula is C51H76N8O6. The second-order valence-corrected chi connectivity index (χ2v) is 15.9. The lowest BCUT2D eigenvalue weighted by molar-refractivity contribution is -0.131. The Hall–Kier alpha value is -6.18. The third-order valence-electron chi connectivity index (χ3n) is 9.79. The molecule has 2 aromatic carbocycles. The molecule has 1 aliphatic carbocycles. The predicted molar refractivity (Wildman–Crippen MR) is 264 cm³/mol. The van der Waals surface area contributed by atoms with Gasteiger partial charge in [0.1, 0.15) is 24.7 Å². The van der Waals surface area contributed by atoms with Gasteiger partial charge < -0.3 is 39.9 Å². The molecule has 4 N–H and O–H groups in total. The molecule has 5 rings (SSSR count). The van der Waals surface area contributed by atoms with E-state index < -0.39 is 12.2 Å². The molecule has 2 heterocycles. The van der Waals surface area contributed by atoms with Crippen LogP contribution in [0.5, 0.6) is 0 Å². The summed E-state index contributed by atoms with van der Waals surface area (Å²) in [5.74, 6) is 0.860. The van der Waals surface area contributed by atoms with Gasteiger partial charge in [0.05, 0.1) is 51.1 Å². The van der Waals surface area contributed by atoms with Crippen LogP contribution < -0.4 is 10.6 Å². The molecule has 4 aromatic rings. The predicted octanol–water partition coefficient (Wildman–Crippen LogP) is 10.9. The molecule has 2 aromatic heterocycles. The molecular weight excluding hydrogens is 821 g/mol. The summed E-state index contributed by atoms with van der Waals surface area (Å²) in [5.41, 5.74) is 13.0. The molecule has 0 fully saturated rings. The van der Waals surface area contributed by atoms with Crippen molar-refractivity contribution in [2.24, 2.45) is 0 Å². The first kappa shape index (κ1) is 55.0. The van der Waals surface area contributed by atoms with Gasteiger partial charge >= 0.3 is 12.2 Å². The van der Waals surface area contributed by atoms with Crippen molar-refractivity contribution in [1.82, 2.24) is 40.4 Å². The molecule has 14 heteroatoms. The van der Waals surface area contributed by atoms with E-state index in [1.165, 1.54) is 43.8 Å². The number of carbonyl (C=O) groups is 4. The van der Waals surface area contributed by atoms with E-state index >= 15 is 0 Å². The zero-order valence-corrected chi connectivity index (χ0v) is 41.6. The second kappa shape index (κ2) is 28.6. The summed E-state index contributed by atoms with van der Waals surface area (Å²) in [7, 11) is 2.52. The summed E-state index contributed by atoms with van der Waals surface area (Å²) in [4.78, 5) is 68.5. The fourth-order valence-corrected chi connectivity index (χ4v) is 7.12. The van der Waals surface area contributed by atoms with Crippen molar-refractivity contribution in [1.29, 1.82) is 0 Å². The zero-order chi connectivity index (χ0) is 48.6. The van der Waals surface area contributed by atoms with E-state index in [1.54, 1.807) is 16.0 Å². The first-order valence-corrected chi connectivity index (χ1v) is 23.1. The molecule has 4 amide bonds. The van der Waals surface area contributed by atoms with Gasteiger partial charge in [0.15, 0.2) is 0 Å².